The third kappa shape index (κ3) is 3.81. The first-order chi connectivity index (χ1) is 11.6. The molecule has 0 amide bonds. The van der Waals surface area contributed by atoms with Gasteiger partial charge in [0.15, 0.2) is 0 Å². The summed E-state index contributed by atoms with van der Waals surface area (Å²) in [7, 11) is 0. The minimum Gasteiger partial charge on any atom is -0.478 e. The predicted octanol–water partition coefficient (Wildman–Crippen LogP) is 6.01. The van der Waals surface area contributed by atoms with Gasteiger partial charge in [0.1, 0.15) is 5.82 Å². The van der Waals surface area contributed by atoms with Gasteiger partial charge in [0.25, 0.3) is 0 Å². The molecule has 0 aliphatic heterocycles. The molecule has 0 bridgehead atoms. The maximum atomic E-state index is 13.9. The van der Waals surface area contributed by atoms with Gasteiger partial charge in [-0.1, -0.05) is 32.3 Å². The zero-order valence-electron chi connectivity index (χ0n) is 14.6. The van der Waals surface area contributed by atoms with E-state index >= 15 is 0 Å². The standard InChI is InChI=1S/C21H29FO2/c1-2-14-3-5-15(6-4-14)16-7-9-17(10-8-16)18-11-12-19(21(23)24)20(22)13-18/h11-17H,2-10H2,1H3,(H,23,24). The maximum absolute atomic E-state index is 13.9. The van der Waals surface area contributed by atoms with Gasteiger partial charge < -0.3 is 5.11 Å². The number of halogens is 1. The molecule has 0 saturated heterocycles. The highest BCUT2D eigenvalue weighted by atomic mass is 19.1. The topological polar surface area (TPSA) is 37.3 Å². The molecule has 2 saturated carbocycles. The van der Waals surface area contributed by atoms with Crippen LogP contribution in [0.25, 0.3) is 0 Å². The van der Waals surface area contributed by atoms with Crippen molar-refractivity contribution >= 4 is 5.97 Å². The lowest BCUT2D eigenvalue weighted by Crippen LogP contribution is -2.25. The van der Waals surface area contributed by atoms with Crippen molar-refractivity contribution in [3.8, 4) is 0 Å². The molecule has 0 spiro atoms. The highest BCUT2D eigenvalue weighted by Crippen LogP contribution is 2.44. The molecule has 0 radical (unpaired) electrons. The summed E-state index contributed by atoms with van der Waals surface area (Å²) >= 11 is 0. The van der Waals surface area contributed by atoms with Crippen molar-refractivity contribution < 1.29 is 14.3 Å². The van der Waals surface area contributed by atoms with E-state index in [1.165, 1.54) is 57.1 Å². The Bertz CT molecular complexity index is 567. The summed E-state index contributed by atoms with van der Waals surface area (Å²) in [6.45, 7) is 2.31. The number of rotatable bonds is 4. The molecule has 3 rings (SSSR count). The molecule has 0 atom stereocenters. The first kappa shape index (κ1) is 17.4. The van der Waals surface area contributed by atoms with E-state index in [0.29, 0.717) is 5.92 Å². The molecular formula is C21H29FO2. The smallest absolute Gasteiger partial charge is 0.338 e. The largest absolute Gasteiger partial charge is 0.478 e. The molecule has 3 heteroatoms. The molecule has 2 nitrogen and oxygen atoms in total. The third-order valence-electron chi connectivity index (χ3n) is 6.60. The second-order valence-electron chi connectivity index (χ2n) is 7.85. The molecular weight excluding hydrogens is 303 g/mol. The number of benzene rings is 1. The van der Waals surface area contributed by atoms with Crippen molar-refractivity contribution in [1.82, 2.24) is 0 Å². The Morgan fingerprint density at radius 2 is 1.62 bits per heavy atom. The molecule has 0 aromatic heterocycles. The van der Waals surface area contributed by atoms with Crippen LogP contribution in [0, 0.1) is 23.6 Å². The summed E-state index contributed by atoms with van der Waals surface area (Å²) in [5.41, 5.74) is 0.755. The van der Waals surface area contributed by atoms with Crippen LogP contribution < -0.4 is 0 Å². The second kappa shape index (κ2) is 7.67. The zero-order chi connectivity index (χ0) is 17.1. The number of hydrogen-bond acceptors (Lipinski definition) is 1. The van der Waals surface area contributed by atoms with Crippen molar-refractivity contribution in [2.75, 3.05) is 0 Å². The third-order valence-corrected chi connectivity index (χ3v) is 6.60. The van der Waals surface area contributed by atoms with Gasteiger partial charge in [-0.25, -0.2) is 9.18 Å². The van der Waals surface area contributed by atoms with Gasteiger partial charge in [-0.15, -0.1) is 0 Å². The average Bonchev–Trinajstić information content (AvgIpc) is 2.61. The van der Waals surface area contributed by atoms with Crippen LogP contribution in [0.3, 0.4) is 0 Å². The fourth-order valence-electron chi connectivity index (χ4n) is 4.95. The van der Waals surface area contributed by atoms with Crippen molar-refractivity contribution in [3.05, 3.63) is 35.1 Å². The summed E-state index contributed by atoms with van der Waals surface area (Å²) in [5, 5.41) is 8.94. The van der Waals surface area contributed by atoms with E-state index in [0.717, 1.165) is 36.2 Å². The van der Waals surface area contributed by atoms with Gasteiger partial charge in [0, 0.05) is 0 Å². The van der Waals surface area contributed by atoms with Crippen LogP contribution in [0.15, 0.2) is 18.2 Å². The minimum atomic E-state index is -1.19. The first-order valence-corrected chi connectivity index (χ1v) is 9.61. The predicted molar refractivity (Wildman–Crippen MR) is 93.8 cm³/mol. The minimum absolute atomic E-state index is 0.222. The van der Waals surface area contributed by atoms with Crippen LogP contribution in [-0.4, -0.2) is 11.1 Å². The molecule has 1 N–H and O–H groups in total. The molecule has 0 unspecified atom stereocenters. The van der Waals surface area contributed by atoms with E-state index in [1.807, 2.05) is 6.07 Å². The molecule has 1 aromatic carbocycles. The van der Waals surface area contributed by atoms with Crippen LogP contribution in [0.2, 0.25) is 0 Å². The molecule has 2 aliphatic rings. The van der Waals surface area contributed by atoms with E-state index in [4.69, 9.17) is 5.11 Å². The fourth-order valence-corrected chi connectivity index (χ4v) is 4.95. The van der Waals surface area contributed by atoms with Crippen molar-refractivity contribution in [2.24, 2.45) is 17.8 Å². The number of carboxylic acids is 1. The quantitative estimate of drug-likeness (QED) is 0.732. The lowest BCUT2D eigenvalue weighted by molar-refractivity contribution is 0.0692. The molecule has 1 aromatic rings. The summed E-state index contributed by atoms with van der Waals surface area (Å²) in [6, 6.07) is 4.68. The summed E-state index contributed by atoms with van der Waals surface area (Å²) < 4.78 is 13.9. The molecule has 132 valence electrons. The van der Waals surface area contributed by atoms with E-state index < -0.39 is 11.8 Å². The van der Waals surface area contributed by atoms with Crippen LogP contribution in [0.1, 0.15) is 86.6 Å². The van der Waals surface area contributed by atoms with E-state index in [-0.39, 0.29) is 5.56 Å². The highest BCUT2D eigenvalue weighted by Gasteiger charge is 2.31. The Morgan fingerprint density at radius 3 is 2.12 bits per heavy atom. The van der Waals surface area contributed by atoms with Crippen LogP contribution in [-0.2, 0) is 0 Å². The SMILES string of the molecule is CCC1CCC(C2CCC(c3ccc(C(=O)O)c(F)c3)CC2)CC1. The van der Waals surface area contributed by atoms with Crippen molar-refractivity contribution in [3.63, 3.8) is 0 Å². The monoisotopic (exact) mass is 332 g/mol. The van der Waals surface area contributed by atoms with Crippen molar-refractivity contribution in [2.45, 2.75) is 70.6 Å². The van der Waals surface area contributed by atoms with Gasteiger partial charge in [0.05, 0.1) is 5.56 Å². The Labute approximate surface area is 144 Å². The summed E-state index contributed by atoms with van der Waals surface area (Å²) in [5.74, 6) is 1.31. The van der Waals surface area contributed by atoms with Gasteiger partial charge in [-0.2, -0.15) is 0 Å². The number of carbonyl (C=O) groups is 1. The van der Waals surface area contributed by atoms with Gasteiger partial charge in [-0.3, -0.25) is 0 Å². The second-order valence-corrected chi connectivity index (χ2v) is 7.85. The molecule has 2 fully saturated rings. The Hall–Kier alpha value is -1.38. The van der Waals surface area contributed by atoms with Crippen LogP contribution >= 0.6 is 0 Å². The van der Waals surface area contributed by atoms with Gasteiger partial charge in [-0.05, 0) is 79.9 Å². The molecule has 0 heterocycles. The first-order valence-electron chi connectivity index (χ1n) is 9.61. The fraction of sp³-hybridized carbons (Fsp3) is 0.667. The van der Waals surface area contributed by atoms with Gasteiger partial charge >= 0.3 is 5.97 Å². The van der Waals surface area contributed by atoms with E-state index in [9.17, 15) is 9.18 Å². The number of carboxylic acid groups (broad SMARTS) is 1. The lowest BCUT2D eigenvalue weighted by Gasteiger charge is -2.38. The Kier molecular flexibility index (Phi) is 5.57. The Morgan fingerprint density at radius 1 is 1.04 bits per heavy atom. The lowest BCUT2D eigenvalue weighted by atomic mass is 9.68. The van der Waals surface area contributed by atoms with Crippen LogP contribution in [0.4, 0.5) is 4.39 Å². The van der Waals surface area contributed by atoms with Gasteiger partial charge in [0.2, 0.25) is 0 Å². The van der Waals surface area contributed by atoms with Crippen molar-refractivity contribution in [1.29, 1.82) is 0 Å². The maximum Gasteiger partial charge on any atom is 0.338 e. The summed E-state index contributed by atoms with van der Waals surface area (Å²) in [6.07, 6.45) is 11.7. The highest BCUT2D eigenvalue weighted by molar-refractivity contribution is 5.87. The number of hydrogen-bond donors (Lipinski definition) is 1. The Balaban J connectivity index is 1.55. The average molecular weight is 332 g/mol. The van der Waals surface area contributed by atoms with E-state index in [1.54, 1.807) is 0 Å². The van der Waals surface area contributed by atoms with E-state index in [2.05, 4.69) is 6.92 Å². The summed E-state index contributed by atoms with van der Waals surface area (Å²) in [4.78, 5) is 10.9. The number of aromatic carboxylic acids is 1. The zero-order valence-corrected chi connectivity index (χ0v) is 14.6. The molecule has 2 aliphatic carbocycles. The normalized spacial score (nSPS) is 30.9. The van der Waals surface area contributed by atoms with Crippen LogP contribution in [0.5, 0.6) is 0 Å². The molecule has 24 heavy (non-hydrogen) atoms.